The highest BCUT2D eigenvalue weighted by Crippen LogP contribution is 2.30. The van der Waals surface area contributed by atoms with Crippen LogP contribution in [0.1, 0.15) is 183 Å². The van der Waals surface area contributed by atoms with Crippen molar-refractivity contribution in [2.75, 3.05) is 31.9 Å². The molecule has 3 fully saturated rings. The summed E-state index contributed by atoms with van der Waals surface area (Å²) < 4.78 is 65.4. The van der Waals surface area contributed by atoms with Crippen LogP contribution in [0.3, 0.4) is 0 Å². The van der Waals surface area contributed by atoms with Crippen LogP contribution in [0.5, 0.6) is 0 Å². The summed E-state index contributed by atoms with van der Waals surface area (Å²) in [4.78, 5) is 60.2. The second kappa shape index (κ2) is 23.8. The molecular formula is C48H81N15O6. The highest BCUT2D eigenvalue weighted by molar-refractivity contribution is 5.98. The molecule has 0 spiro atoms. The van der Waals surface area contributed by atoms with Crippen LogP contribution in [0.2, 0.25) is 0 Å². The number of nitrogens with one attached hydrogen (secondary N) is 6. The molecule has 0 saturated heterocycles. The van der Waals surface area contributed by atoms with Gasteiger partial charge in [-0.3, -0.25) is 14.4 Å². The lowest BCUT2D eigenvalue weighted by Crippen LogP contribution is -2.36. The quantitative estimate of drug-likeness (QED) is 0.110. The molecule has 3 amide bonds. The molecule has 3 aliphatic rings. The molecule has 0 radical (unpaired) electrons. The summed E-state index contributed by atoms with van der Waals surface area (Å²) in [5.74, 6) is -3.21. The van der Waals surface area contributed by atoms with Gasteiger partial charge in [0.25, 0.3) is 17.7 Å². The summed E-state index contributed by atoms with van der Waals surface area (Å²) in [6, 6.07) is -2.70. The molecule has 21 heteroatoms. The minimum Gasteiger partial charge on any atom is -0.393 e. The highest BCUT2D eigenvalue weighted by Gasteiger charge is 2.30. The van der Waals surface area contributed by atoms with Gasteiger partial charge in [-0.2, -0.15) is 15.0 Å². The number of aliphatic hydroxyl groups excluding tert-OH is 2. The van der Waals surface area contributed by atoms with Crippen molar-refractivity contribution >= 4 is 53.0 Å². The van der Waals surface area contributed by atoms with Gasteiger partial charge < -0.3 is 64.4 Å². The number of nitrogens with two attached hydrogens (primary N) is 3. The number of hydrogen-bond acceptors (Lipinski definition) is 18. The first-order chi connectivity index (χ1) is 34.9. The van der Waals surface area contributed by atoms with E-state index in [1.807, 2.05) is 62.3 Å². The Morgan fingerprint density at radius 2 is 1.01 bits per heavy atom. The van der Waals surface area contributed by atoms with Gasteiger partial charge in [0.2, 0.25) is 17.8 Å². The summed E-state index contributed by atoms with van der Waals surface area (Å²) in [5.41, 5.74) is 15.4. The Kier molecular flexibility index (Phi) is 15.3. The number of anilines is 6. The lowest BCUT2D eigenvalue weighted by Gasteiger charge is -2.32. The van der Waals surface area contributed by atoms with E-state index in [-0.39, 0.29) is 94.4 Å². The molecule has 6 rings (SSSR count). The number of primary amides is 3. The van der Waals surface area contributed by atoms with Crippen molar-refractivity contribution in [1.82, 2.24) is 29.9 Å². The molecule has 21 nitrogen and oxygen atoms in total. The largest absolute Gasteiger partial charge is 0.393 e. The van der Waals surface area contributed by atoms with Crippen LogP contribution in [-0.2, 0) is 0 Å². The minimum atomic E-state index is -2.10. The van der Waals surface area contributed by atoms with E-state index in [1.54, 1.807) is 13.8 Å². The fourth-order valence-electron chi connectivity index (χ4n) is 6.85. The van der Waals surface area contributed by atoms with Crippen molar-refractivity contribution in [3.63, 3.8) is 0 Å². The molecule has 3 aromatic rings. The number of nitrogens with zero attached hydrogens (tertiary/aromatic N) is 6. The van der Waals surface area contributed by atoms with Gasteiger partial charge in [0, 0.05) is 61.5 Å². The summed E-state index contributed by atoms with van der Waals surface area (Å²) in [5, 5.41) is 48.7. The first kappa shape index (κ1) is 44.5. The highest BCUT2D eigenvalue weighted by atomic mass is 16.3. The smallest absolute Gasteiger partial charge is 0.254 e. The van der Waals surface area contributed by atoms with E-state index >= 15 is 0 Å². The molecule has 0 aromatic carbocycles. The summed E-state index contributed by atoms with van der Waals surface area (Å²) in [6.45, 7) is 22.3. The molecular weight excluding hydrogens is 883 g/mol. The maximum absolute atomic E-state index is 11.7. The molecule has 3 heterocycles. The number of aromatic nitrogens is 6. The van der Waals surface area contributed by atoms with Crippen molar-refractivity contribution in [3.05, 3.63) is 35.3 Å². The average molecular weight is 972 g/mol. The standard InChI is InChI=1S/3C16H27N5O2/c3*1-9-5-6-10(7-12(9)22)19-14-11(13(17)23)8-18-15(20-14)21-16(2,3)4/h3*8-10,12,22H,5-7H2,1-4H3,(H2,17,23)(H2,18,19,20,21)/i9D,10D,12D;5D,6D,7D;5D2. The Hall–Kier alpha value is -5.67. The van der Waals surface area contributed by atoms with E-state index in [0.29, 0.717) is 12.4 Å². The van der Waals surface area contributed by atoms with Gasteiger partial charge in [0.1, 0.15) is 17.5 Å². The molecule has 12 unspecified atom stereocenters. The van der Waals surface area contributed by atoms with Gasteiger partial charge in [-0.25, -0.2) is 15.0 Å². The molecule has 69 heavy (non-hydrogen) atoms. The fourth-order valence-corrected chi connectivity index (χ4v) is 6.85. The summed E-state index contributed by atoms with van der Waals surface area (Å²) in [7, 11) is 0. The van der Waals surface area contributed by atoms with E-state index in [4.69, 9.17) is 28.2 Å². The Balaban J connectivity index is 0.000000249. The zero-order chi connectivity index (χ0) is 58.8. The first-order valence-electron chi connectivity index (χ1n) is 27.2. The first-order valence-corrected chi connectivity index (χ1v) is 23.0. The van der Waals surface area contributed by atoms with Crippen LogP contribution in [0.15, 0.2) is 18.6 Å². The van der Waals surface area contributed by atoms with E-state index in [2.05, 4.69) is 61.8 Å². The molecule has 3 aromatic heterocycles. The van der Waals surface area contributed by atoms with E-state index in [1.165, 1.54) is 25.5 Å². The van der Waals surface area contributed by atoms with Crippen LogP contribution in [0.4, 0.5) is 35.3 Å². The maximum Gasteiger partial charge on any atom is 0.254 e. The number of carbonyl (C=O) groups is 3. The molecule has 15 N–H and O–H groups in total. The van der Waals surface area contributed by atoms with Crippen molar-refractivity contribution in [3.8, 4) is 0 Å². The predicted octanol–water partition coefficient (Wildman–Crippen LogP) is 5.24. The van der Waals surface area contributed by atoms with Gasteiger partial charge in [-0.05, 0) is 138 Å². The molecule has 3 saturated carbocycles. The van der Waals surface area contributed by atoms with Gasteiger partial charge >= 0.3 is 0 Å². The van der Waals surface area contributed by atoms with Crippen molar-refractivity contribution in [2.24, 2.45) is 34.9 Å². The number of carbonyl (C=O) groups excluding carboxylic acids is 3. The number of amides is 3. The maximum atomic E-state index is 11.7. The second-order valence-corrected chi connectivity index (χ2v) is 20.7. The SMILES string of the molecule is [2H]C1(Nc2nc(NC(C)(C)C)ncc2C(N)=O)CCC([2H])(C)C([2H])(O)C1.[2H]C1([2H])CC(Nc2nc(NC(C)(C)C)ncc2C(N)=O)CC(O)C1C.[2H]C1C([2H])C(Nc2nc(NC(C)(C)C)ncc2C(N)=O)C([2H])C(O)C1C. The Bertz CT molecular complexity index is 2550. The Labute approximate surface area is 418 Å². The zero-order valence-corrected chi connectivity index (χ0v) is 41.9. The normalized spacial score (nSPS) is 33.8. The summed E-state index contributed by atoms with van der Waals surface area (Å²) >= 11 is 0. The van der Waals surface area contributed by atoms with Crippen LogP contribution >= 0.6 is 0 Å². The van der Waals surface area contributed by atoms with Crippen molar-refractivity contribution < 1.29 is 40.7 Å². The van der Waals surface area contributed by atoms with Gasteiger partial charge in [-0.15, -0.1) is 0 Å². The summed E-state index contributed by atoms with van der Waals surface area (Å²) in [6.07, 6.45) is -3.80. The zero-order valence-electron chi connectivity index (χ0n) is 49.9. The minimum absolute atomic E-state index is 0.0174. The van der Waals surface area contributed by atoms with Gasteiger partial charge in [0.05, 0.1) is 37.7 Å². The molecule has 12 atom stereocenters. The van der Waals surface area contributed by atoms with Crippen LogP contribution in [0, 0.1) is 17.7 Å². The lowest BCUT2D eigenvalue weighted by atomic mass is 9.85. The van der Waals surface area contributed by atoms with E-state index in [9.17, 15) is 29.7 Å². The van der Waals surface area contributed by atoms with Crippen LogP contribution < -0.4 is 49.1 Å². The molecule has 0 aliphatic heterocycles. The predicted molar refractivity (Wildman–Crippen MR) is 271 cm³/mol. The molecule has 384 valence electrons. The Morgan fingerprint density at radius 3 is 1.41 bits per heavy atom. The van der Waals surface area contributed by atoms with Gasteiger partial charge in [0.15, 0.2) is 0 Å². The molecule has 3 aliphatic carbocycles. The number of rotatable bonds is 12. The van der Waals surface area contributed by atoms with E-state index in [0.717, 1.165) is 0 Å². The van der Waals surface area contributed by atoms with Crippen LogP contribution in [0.25, 0.3) is 0 Å². The van der Waals surface area contributed by atoms with E-state index < -0.39 is 91.4 Å². The van der Waals surface area contributed by atoms with Crippen molar-refractivity contribution in [1.29, 1.82) is 0 Å². The third-order valence-electron chi connectivity index (χ3n) is 10.6. The monoisotopic (exact) mass is 972 g/mol. The van der Waals surface area contributed by atoms with Crippen LogP contribution in [-0.4, -0.2) is 116 Å². The average Bonchev–Trinajstić information content (AvgIpc) is 3.25. The molecule has 0 bridgehead atoms. The topological polar surface area (TPSA) is 339 Å². The number of aliphatic hydroxyl groups is 3. The third-order valence-corrected chi connectivity index (χ3v) is 10.6. The van der Waals surface area contributed by atoms with Crippen molar-refractivity contribution in [2.45, 2.75) is 194 Å². The number of hydrogen-bond donors (Lipinski definition) is 12. The van der Waals surface area contributed by atoms with Gasteiger partial charge in [-0.1, -0.05) is 20.8 Å². The lowest BCUT2D eigenvalue weighted by molar-refractivity contribution is 0.0737. The second-order valence-electron chi connectivity index (χ2n) is 20.7. The fraction of sp³-hybridized carbons (Fsp3) is 0.688. The third kappa shape index (κ3) is 18.3. The Morgan fingerprint density at radius 1 is 0.594 bits per heavy atom.